The molecule has 0 aliphatic heterocycles. The molecule has 1 fully saturated rings. The third-order valence-corrected chi connectivity index (χ3v) is 6.64. The van der Waals surface area contributed by atoms with Gasteiger partial charge in [0.05, 0.1) is 22.6 Å². The smallest absolute Gasteiger partial charge is 0.335 e. The third-order valence-electron chi connectivity index (χ3n) is 3.72. The molecular formula is C13H16BrNO5S. The SMILES string of the molecule is Cc1cc(C(=O)O)cc(S(=O)(=O)NC2(CO)CCC2)c1Br. The molecule has 0 unspecified atom stereocenters. The Morgan fingerprint density at radius 1 is 1.43 bits per heavy atom. The van der Waals surface area contributed by atoms with Crippen LogP contribution in [0.4, 0.5) is 0 Å². The average molecular weight is 378 g/mol. The molecule has 2 rings (SSSR count). The van der Waals surface area contributed by atoms with Crippen molar-refractivity contribution in [1.29, 1.82) is 0 Å². The predicted octanol–water partition coefficient (Wildman–Crippen LogP) is 1.65. The molecule has 8 heteroatoms. The summed E-state index contributed by atoms with van der Waals surface area (Å²) in [5, 5.41) is 18.4. The van der Waals surface area contributed by atoms with Crippen molar-refractivity contribution in [3.63, 3.8) is 0 Å². The van der Waals surface area contributed by atoms with E-state index in [4.69, 9.17) is 5.11 Å². The van der Waals surface area contributed by atoms with Crippen molar-refractivity contribution in [3.05, 3.63) is 27.7 Å². The summed E-state index contributed by atoms with van der Waals surface area (Å²) in [6, 6.07) is 2.52. The van der Waals surface area contributed by atoms with Gasteiger partial charge < -0.3 is 10.2 Å². The van der Waals surface area contributed by atoms with Gasteiger partial charge in [0.15, 0.2) is 0 Å². The zero-order valence-electron chi connectivity index (χ0n) is 11.4. The van der Waals surface area contributed by atoms with Crippen molar-refractivity contribution in [2.75, 3.05) is 6.61 Å². The molecule has 1 aliphatic rings. The normalized spacial score (nSPS) is 17.3. The second kappa shape index (κ2) is 5.68. The van der Waals surface area contributed by atoms with Crippen molar-refractivity contribution in [2.45, 2.75) is 36.6 Å². The molecule has 0 heterocycles. The minimum Gasteiger partial charge on any atom is -0.478 e. The lowest BCUT2D eigenvalue weighted by atomic mass is 9.78. The lowest BCUT2D eigenvalue weighted by Crippen LogP contribution is -2.56. The van der Waals surface area contributed by atoms with Crippen molar-refractivity contribution < 1.29 is 23.4 Å². The fourth-order valence-corrected chi connectivity index (χ4v) is 4.79. The average Bonchev–Trinajstić information content (AvgIpc) is 2.36. The number of halogens is 1. The molecular weight excluding hydrogens is 362 g/mol. The zero-order chi connectivity index (χ0) is 15.8. The maximum atomic E-state index is 12.5. The summed E-state index contributed by atoms with van der Waals surface area (Å²) >= 11 is 3.19. The van der Waals surface area contributed by atoms with Crippen LogP contribution >= 0.6 is 15.9 Å². The van der Waals surface area contributed by atoms with Gasteiger partial charge in [0.25, 0.3) is 0 Å². The summed E-state index contributed by atoms with van der Waals surface area (Å²) in [5.74, 6) is -1.19. The van der Waals surface area contributed by atoms with Crippen LogP contribution in [0.15, 0.2) is 21.5 Å². The number of carboxylic acid groups (broad SMARTS) is 1. The minimum absolute atomic E-state index is 0.0947. The van der Waals surface area contributed by atoms with Crippen LogP contribution in [0.3, 0.4) is 0 Å². The zero-order valence-corrected chi connectivity index (χ0v) is 13.8. The monoisotopic (exact) mass is 377 g/mol. The molecule has 1 aliphatic carbocycles. The summed E-state index contributed by atoms with van der Waals surface area (Å²) in [4.78, 5) is 11.0. The number of rotatable bonds is 5. The number of nitrogens with one attached hydrogen (secondary N) is 1. The lowest BCUT2D eigenvalue weighted by molar-refractivity contribution is 0.0696. The number of carboxylic acids is 1. The van der Waals surface area contributed by atoms with Gasteiger partial charge in [-0.2, -0.15) is 0 Å². The number of carbonyl (C=O) groups is 1. The van der Waals surface area contributed by atoms with Crippen molar-refractivity contribution in [3.8, 4) is 0 Å². The largest absolute Gasteiger partial charge is 0.478 e. The Bertz CT molecular complexity index is 677. The van der Waals surface area contributed by atoms with E-state index in [0.717, 1.165) is 12.5 Å². The van der Waals surface area contributed by atoms with Crippen LogP contribution in [-0.4, -0.2) is 36.7 Å². The highest BCUT2D eigenvalue weighted by molar-refractivity contribution is 9.10. The topological polar surface area (TPSA) is 104 Å². The van der Waals surface area contributed by atoms with Gasteiger partial charge >= 0.3 is 5.97 Å². The summed E-state index contributed by atoms with van der Waals surface area (Å²) in [6.07, 6.45) is 1.98. The number of aryl methyl sites for hydroxylation is 1. The lowest BCUT2D eigenvalue weighted by Gasteiger charge is -2.40. The Labute approximate surface area is 131 Å². The molecule has 0 spiro atoms. The number of aliphatic hydroxyl groups excluding tert-OH is 1. The number of benzene rings is 1. The van der Waals surface area contributed by atoms with Crippen LogP contribution < -0.4 is 4.72 Å². The van der Waals surface area contributed by atoms with Gasteiger partial charge in [0.2, 0.25) is 10.0 Å². The molecule has 6 nitrogen and oxygen atoms in total. The van der Waals surface area contributed by atoms with Crippen LogP contribution in [0.2, 0.25) is 0 Å². The van der Waals surface area contributed by atoms with Crippen LogP contribution in [0.1, 0.15) is 35.2 Å². The molecule has 3 N–H and O–H groups in total. The molecule has 1 saturated carbocycles. The molecule has 0 bridgehead atoms. The Morgan fingerprint density at radius 3 is 2.48 bits per heavy atom. The number of aliphatic hydroxyl groups is 1. The van der Waals surface area contributed by atoms with Gasteiger partial charge in [-0.05, 0) is 59.8 Å². The summed E-state index contributed by atoms with van der Waals surface area (Å²) in [5.41, 5.74) is -0.407. The van der Waals surface area contributed by atoms with Crippen molar-refractivity contribution in [2.24, 2.45) is 0 Å². The van der Waals surface area contributed by atoms with Gasteiger partial charge in [-0.1, -0.05) is 0 Å². The van der Waals surface area contributed by atoms with Gasteiger partial charge in [-0.3, -0.25) is 0 Å². The van der Waals surface area contributed by atoms with Crippen molar-refractivity contribution in [1.82, 2.24) is 4.72 Å². The number of aromatic carboxylic acids is 1. The van der Waals surface area contributed by atoms with Gasteiger partial charge in [-0.15, -0.1) is 0 Å². The predicted molar refractivity (Wildman–Crippen MR) is 79.8 cm³/mol. The fraction of sp³-hybridized carbons (Fsp3) is 0.462. The first-order chi connectivity index (χ1) is 9.71. The van der Waals surface area contributed by atoms with E-state index < -0.39 is 21.5 Å². The van der Waals surface area contributed by atoms with E-state index in [0.29, 0.717) is 22.9 Å². The molecule has 0 saturated heterocycles. The Kier molecular flexibility index (Phi) is 4.44. The van der Waals surface area contributed by atoms with E-state index in [1.165, 1.54) is 6.07 Å². The maximum Gasteiger partial charge on any atom is 0.335 e. The van der Waals surface area contributed by atoms with Crippen LogP contribution in [-0.2, 0) is 10.0 Å². The third kappa shape index (κ3) is 3.13. The number of hydrogen-bond donors (Lipinski definition) is 3. The van der Waals surface area contributed by atoms with E-state index >= 15 is 0 Å². The highest BCUT2D eigenvalue weighted by Gasteiger charge is 2.40. The molecule has 1 aromatic carbocycles. The van der Waals surface area contributed by atoms with Crippen LogP contribution in [0, 0.1) is 6.92 Å². The first-order valence-electron chi connectivity index (χ1n) is 6.39. The number of sulfonamides is 1. The Balaban J connectivity index is 2.46. The van der Waals surface area contributed by atoms with E-state index in [1.807, 2.05) is 0 Å². The molecule has 0 atom stereocenters. The minimum atomic E-state index is -3.92. The van der Waals surface area contributed by atoms with Crippen LogP contribution in [0.25, 0.3) is 0 Å². The molecule has 0 aromatic heterocycles. The summed E-state index contributed by atoms with van der Waals surface area (Å²) in [6.45, 7) is 1.35. The Hall–Kier alpha value is -0.960. The fourth-order valence-electron chi connectivity index (χ4n) is 2.29. The molecule has 1 aromatic rings. The van der Waals surface area contributed by atoms with Gasteiger partial charge in [0, 0.05) is 4.47 Å². The van der Waals surface area contributed by atoms with Crippen LogP contribution in [0.5, 0.6) is 0 Å². The first-order valence-corrected chi connectivity index (χ1v) is 8.67. The second-order valence-corrected chi connectivity index (χ2v) is 7.75. The highest BCUT2D eigenvalue weighted by Crippen LogP contribution is 2.34. The van der Waals surface area contributed by atoms with E-state index in [1.54, 1.807) is 6.92 Å². The van der Waals surface area contributed by atoms with E-state index in [2.05, 4.69) is 20.7 Å². The maximum absolute atomic E-state index is 12.5. The summed E-state index contributed by atoms with van der Waals surface area (Å²) < 4.78 is 27.8. The van der Waals surface area contributed by atoms with Gasteiger partial charge in [0.1, 0.15) is 0 Å². The highest BCUT2D eigenvalue weighted by atomic mass is 79.9. The van der Waals surface area contributed by atoms with Gasteiger partial charge in [-0.25, -0.2) is 17.9 Å². The molecule has 21 heavy (non-hydrogen) atoms. The van der Waals surface area contributed by atoms with E-state index in [-0.39, 0.29) is 17.1 Å². The standard InChI is InChI=1S/C13H16BrNO5S/c1-8-5-9(12(17)18)6-10(11(8)14)21(19,20)15-13(7-16)3-2-4-13/h5-6,15-16H,2-4,7H2,1H3,(H,17,18). The molecule has 0 radical (unpaired) electrons. The molecule has 116 valence electrons. The first kappa shape index (κ1) is 16.4. The summed E-state index contributed by atoms with van der Waals surface area (Å²) in [7, 11) is -3.92. The Morgan fingerprint density at radius 2 is 2.05 bits per heavy atom. The van der Waals surface area contributed by atoms with Crippen molar-refractivity contribution >= 4 is 31.9 Å². The number of hydrogen-bond acceptors (Lipinski definition) is 4. The quantitative estimate of drug-likeness (QED) is 0.723. The van der Waals surface area contributed by atoms with E-state index in [9.17, 15) is 18.3 Å². The second-order valence-electron chi connectivity index (χ2n) is 5.31. The molecule has 0 amide bonds.